The summed E-state index contributed by atoms with van der Waals surface area (Å²) in [4.78, 5) is 10.0. The van der Waals surface area contributed by atoms with Crippen molar-refractivity contribution in [3.05, 3.63) is 11.1 Å². The molecule has 0 radical (unpaired) electrons. The molecule has 8 nitrogen and oxygen atoms in total. The number of H-pyrrole nitrogens is 1. The molecule has 5 rings (SSSR count). The quantitative estimate of drug-likeness (QED) is 0.626. The molecule has 0 atom stereocenters. The highest BCUT2D eigenvalue weighted by atomic mass is 16.5. The summed E-state index contributed by atoms with van der Waals surface area (Å²) in [5, 5.41) is 12.0. The van der Waals surface area contributed by atoms with Crippen LogP contribution in [0, 0.1) is 0 Å². The summed E-state index contributed by atoms with van der Waals surface area (Å²) in [6.07, 6.45) is 8.92. The molecule has 2 aromatic rings. The molecular formula is C22H35N7O. The summed E-state index contributed by atoms with van der Waals surface area (Å²) in [7, 11) is 0. The number of aromatic nitrogens is 3. The lowest BCUT2D eigenvalue weighted by molar-refractivity contribution is 0.0378. The van der Waals surface area contributed by atoms with Crippen LogP contribution in [0.4, 0.5) is 11.6 Å². The van der Waals surface area contributed by atoms with Crippen molar-refractivity contribution in [1.82, 2.24) is 25.0 Å². The highest BCUT2D eigenvalue weighted by molar-refractivity contribution is 5.92. The molecule has 0 aromatic carbocycles. The van der Waals surface area contributed by atoms with Gasteiger partial charge in [0.25, 0.3) is 0 Å². The minimum atomic E-state index is 0.652. The van der Waals surface area contributed by atoms with Crippen molar-refractivity contribution < 1.29 is 4.74 Å². The van der Waals surface area contributed by atoms with Crippen LogP contribution in [0.1, 0.15) is 49.7 Å². The zero-order chi connectivity index (χ0) is 20.3. The molecule has 2 aliphatic heterocycles. The zero-order valence-electron chi connectivity index (χ0n) is 18.0. The van der Waals surface area contributed by atoms with E-state index in [4.69, 9.17) is 15.5 Å². The van der Waals surface area contributed by atoms with Crippen LogP contribution in [0.15, 0.2) is 0 Å². The number of nitrogens with two attached hydrogens (primary N) is 1. The SMILES string of the molecule is Nc1[nH]nc2nc(NCCCN3CCOCC3)c3c(c12)CCN(C1CCCCC1)C3. The van der Waals surface area contributed by atoms with Gasteiger partial charge in [0.1, 0.15) is 11.6 Å². The number of nitrogens with zero attached hydrogens (tertiary/aromatic N) is 4. The van der Waals surface area contributed by atoms with Crippen LogP contribution >= 0.6 is 0 Å². The number of aromatic amines is 1. The van der Waals surface area contributed by atoms with Gasteiger partial charge in [0.15, 0.2) is 5.65 Å². The van der Waals surface area contributed by atoms with Crippen LogP contribution in [0.2, 0.25) is 0 Å². The maximum Gasteiger partial charge on any atom is 0.185 e. The fourth-order valence-corrected chi connectivity index (χ4v) is 5.41. The van der Waals surface area contributed by atoms with Gasteiger partial charge < -0.3 is 15.8 Å². The van der Waals surface area contributed by atoms with Gasteiger partial charge in [0.2, 0.25) is 0 Å². The number of morpholine rings is 1. The van der Waals surface area contributed by atoms with Crippen molar-refractivity contribution >= 4 is 22.7 Å². The first kappa shape index (κ1) is 20.0. The fourth-order valence-electron chi connectivity index (χ4n) is 5.41. The van der Waals surface area contributed by atoms with E-state index in [1.54, 1.807) is 0 Å². The molecule has 2 fully saturated rings. The number of ether oxygens (including phenoxy) is 1. The number of hydrogen-bond acceptors (Lipinski definition) is 7. The van der Waals surface area contributed by atoms with Gasteiger partial charge in [-0.1, -0.05) is 19.3 Å². The Morgan fingerprint density at radius 2 is 1.93 bits per heavy atom. The van der Waals surface area contributed by atoms with E-state index in [-0.39, 0.29) is 0 Å². The maximum absolute atomic E-state index is 6.22. The average Bonchev–Trinajstić information content (AvgIpc) is 3.18. The second kappa shape index (κ2) is 9.08. The molecule has 1 saturated heterocycles. The molecule has 0 unspecified atom stereocenters. The normalized spacial score (nSPS) is 21.7. The highest BCUT2D eigenvalue weighted by Gasteiger charge is 2.29. The smallest absolute Gasteiger partial charge is 0.185 e. The minimum absolute atomic E-state index is 0.652. The third-order valence-electron chi connectivity index (χ3n) is 7.09. The molecular weight excluding hydrogens is 378 g/mol. The molecule has 0 amide bonds. The summed E-state index contributed by atoms with van der Waals surface area (Å²) in [6.45, 7) is 7.91. The molecule has 0 bridgehead atoms. The lowest BCUT2D eigenvalue weighted by atomic mass is 9.90. The summed E-state index contributed by atoms with van der Waals surface area (Å²) in [5.41, 5.74) is 9.64. The van der Waals surface area contributed by atoms with Crippen LogP contribution in [0.3, 0.4) is 0 Å². The van der Waals surface area contributed by atoms with Gasteiger partial charge >= 0.3 is 0 Å². The minimum Gasteiger partial charge on any atom is -0.384 e. The first-order chi connectivity index (χ1) is 14.8. The van der Waals surface area contributed by atoms with E-state index in [0.717, 1.165) is 88.2 Å². The number of rotatable bonds is 6. The Morgan fingerprint density at radius 3 is 2.77 bits per heavy atom. The molecule has 30 heavy (non-hydrogen) atoms. The van der Waals surface area contributed by atoms with Crippen molar-refractivity contribution in [2.24, 2.45) is 0 Å². The number of fused-ring (bicyclic) bond motifs is 3. The van der Waals surface area contributed by atoms with E-state index in [1.165, 1.54) is 43.2 Å². The van der Waals surface area contributed by atoms with Crippen LogP contribution in [0.5, 0.6) is 0 Å². The Morgan fingerprint density at radius 1 is 1.10 bits per heavy atom. The second-order valence-electron chi connectivity index (χ2n) is 9.00. The van der Waals surface area contributed by atoms with Gasteiger partial charge in [0, 0.05) is 44.3 Å². The number of nitrogen functional groups attached to an aromatic ring is 1. The first-order valence-corrected chi connectivity index (χ1v) is 11.7. The molecule has 4 N–H and O–H groups in total. The van der Waals surface area contributed by atoms with Gasteiger partial charge in [0.05, 0.1) is 18.6 Å². The molecule has 1 aliphatic carbocycles. The van der Waals surface area contributed by atoms with Crippen molar-refractivity contribution in [3.8, 4) is 0 Å². The van der Waals surface area contributed by atoms with Gasteiger partial charge in [-0.2, -0.15) is 5.10 Å². The predicted octanol–water partition coefficient (Wildman–Crippen LogP) is 2.37. The number of hydrogen-bond donors (Lipinski definition) is 3. The van der Waals surface area contributed by atoms with Crippen molar-refractivity contribution in [2.75, 3.05) is 57.0 Å². The van der Waals surface area contributed by atoms with Crippen molar-refractivity contribution in [2.45, 2.75) is 57.5 Å². The number of anilines is 2. The first-order valence-electron chi connectivity index (χ1n) is 11.7. The molecule has 8 heteroatoms. The fraction of sp³-hybridized carbons (Fsp3) is 0.727. The third-order valence-corrected chi connectivity index (χ3v) is 7.09. The number of pyridine rings is 1. The Balaban J connectivity index is 1.32. The largest absolute Gasteiger partial charge is 0.384 e. The highest BCUT2D eigenvalue weighted by Crippen LogP contribution is 2.35. The molecule has 2 aromatic heterocycles. The summed E-state index contributed by atoms with van der Waals surface area (Å²) in [6, 6.07) is 0.721. The molecule has 1 saturated carbocycles. The molecule has 4 heterocycles. The third kappa shape index (κ3) is 4.13. The Labute approximate surface area is 178 Å². The van der Waals surface area contributed by atoms with Crippen LogP contribution in [-0.4, -0.2) is 77.0 Å². The van der Waals surface area contributed by atoms with Gasteiger partial charge in [-0.3, -0.25) is 14.9 Å². The van der Waals surface area contributed by atoms with E-state index in [9.17, 15) is 0 Å². The summed E-state index contributed by atoms with van der Waals surface area (Å²) >= 11 is 0. The lowest BCUT2D eigenvalue weighted by Crippen LogP contribution is -2.40. The van der Waals surface area contributed by atoms with E-state index in [0.29, 0.717) is 5.82 Å². The topological polar surface area (TPSA) is 95.3 Å². The predicted molar refractivity (Wildman–Crippen MR) is 120 cm³/mol. The Kier molecular flexibility index (Phi) is 6.06. The second-order valence-corrected chi connectivity index (χ2v) is 9.00. The van der Waals surface area contributed by atoms with Crippen LogP contribution < -0.4 is 11.1 Å². The van der Waals surface area contributed by atoms with E-state index in [1.807, 2.05) is 0 Å². The lowest BCUT2D eigenvalue weighted by Gasteiger charge is -2.38. The van der Waals surface area contributed by atoms with Crippen molar-refractivity contribution in [1.29, 1.82) is 0 Å². The van der Waals surface area contributed by atoms with Gasteiger partial charge in [-0.05, 0) is 37.8 Å². The average molecular weight is 414 g/mol. The zero-order valence-corrected chi connectivity index (χ0v) is 18.0. The summed E-state index contributed by atoms with van der Waals surface area (Å²) < 4.78 is 5.45. The standard InChI is InChI=1S/C22H35N7O/c23-20-19-17-7-10-29(16-5-2-1-3-6-16)15-18(17)21(25-22(19)27-26-20)24-8-4-9-28-11-13-30-14-12-28/h16H,1-15H2,(H4,23,24,25,26,27). The van der Waals surface area contributed by atoms with Crippen LogP contribution in [0.25, 0.3) is 11.0 Å². The van der Waals surface area contributed by atoms with E-state index in [2.05, 4.69) is 25.3 Å². The summed E-state index contributed by atoms with van der Waals surface area (Å²) in [5.74, 6) is 1.66. The van der Waals surface area contributed by atoms with Gasteiger partial charge in [-0.25, -0.2) is 4.98 Å². The Bertz CT molecular complexity index is 855. The molecule has 3 aliphatic rings. The molecule has 0 spiro atoms. The van der Waals surface area contributed by atoms with Crippen molar-refractivity contribution in [3.63, 3.8) is 0 Å². The number of nitrogens with one attached hydrogen (secondary N) is 2. The van der Waals surface area contributed by atoms with E-state index < -0.39 is 0 Å². The van der Waals surface area contributed by atoms with E-state index >= 15 is 0 Å². The van der Waals surface area contributed by atoms with Crippen LogP contribution in [-0.2, 0) is 17.7 Å². The maximum atomic E-state index is 6.22. The van der Waals surface area contributed by atoms with Gasteiger partial charge in [-0.15, -0.1) is 0 Å². The molecule has 164 valence electrons. The Hall–Kier alpha value is -1.90. The monoisotopic (exact) mass is 413 g/mol.